The molecule has 1 amide bonds. The molecule has 19 heavy (non-hydrogen) atoms. The lowest BCUT2D eigenvalue weighted by molar-refractivity contribution is -0.265. The first-order valence-corrected chi connectivity index (χ1v) is 7.54. The van der Waals surface area contributed by atoms with Crippen LogP contribution in [-0.4, -0.2) is 24.9 Å². The van der Waals surface area contributed by atoms with Crippen molar-refractivity contribution in [2.75, 3.05) is 13.2 Å². The van der Waals surface area contributed by atoms with E-state index in [2.05, 4.69) is 13.8 Å². The highest BCUT2D eigenvalue weighted by molar-refractivity contribution is 5.64. The molecule has 3 aliphatic carbocycles. The number of hydrogen-bond donors (Lipinski definition) is 1. The van der Waals surface area contributed by atoms with E-state index in [4.69, 9.17) is 15.2 Å². The zero-order valence-electron chi connectivity index (χ0n) is 12.0. The van der Waals surface area contributed by atoms with Gasteiger partial charge in [-0.05, 0) is 56.8 Å². The lowest BCUT2D eigenvalue weighted by atomic mass is 9.34. The van der Waals surface area contributed by atoms with E-state index in [1.54, 1.807) is 0 Å². The number of carbonyl (C=O) groups excluding carboxylic acids is 1. The molecule has 0 spiro atoms. The lowest BCUT2D eigenvalue weighted by Gasteiger charge is -2.71. The number of nitrogens with two attached hydrogens (primary N) is 1. The first-order chi connectivity index (χ1) is 8.98. The molecule has 0 aliphatic heterocycles. The molecule has 3 fully saturated rings. The fourth-order valence-electron chi connectivity index (χ4n) is 5.20. The van der Waals surface area contributed by atoms with Gasteiger partial charge in [0.05, 0.1) is 12.2 Å². The molecule has 4 nitrogen and oxygen atoms in total. The van der Waals surface area contributed by atoms with E-state index in [1.807, 2.05) is 0 Å². The van der Waals surface area contributed by atoms with Crippen LogP contribution in [0.2, 0.25) is 0 Å². The predicted octanol–water partition coefficient (Wildman–Crippen LogP) is 2.70. The largest absolute Gasteiger partial charge is 0.449 e. The highest BCUT2D eigenvalue weighted by Crippen LogP contribution is 2.72. The van der Waals surface area contributed by atoms with Crippen molar-refractivity contribution in [3.8, 4) is 0 Å². The van der Waals surface area contributed by atoms with Crippen molar-refractivity contribution in [2.24, 2.45) is 28.9 Å². The Kier molecular flexibility index (Phi) is 3.04. The maximum Gasteiger partial charge on any atom is 0.404 e. The highest BCUT2D eigenvalue weighted by Gasteiger charge is 2.68. The summed E-state index contributed by atoms with van der Waals surface area (Å²) >= 11 is 0. The summed E-state index contributed by atoms with van der Waals surface area (Å²) in [5.41, 5.74) is 5.44. The molecule has 2 N–H and O–H groups in total. The smallest absolute Gasteiger partial charge is 0.404 e. The minimum atomic E-state index is -0.631. The normalized spacial score (nSPS) is 46.7. The Hall–Kier alpha value is -0.770. The van der Waals surface area contributed by atoms with Crippen molar-refractivity contribution in [3.05, 3.63) is 0 Å². The van der Waals surface area contributed by atoms with Crippen molar-refractivity contribution in [3.63, 3.8) is 0 Å². The topological polar surface area (TPSA) is 61.6 Å². The summed E-state index contributed by atoms with van der Waals surface area (Å²) in [6, 6.07) is 0. The second-order valence-electron chi connectivity index (χ2n) is 7.13. The molecule has 0 radical (unpaired) electrons. The number of amides is 1. The quantitative estimate of drug-likeness (QED) is 0.833. The summed E-state index contributed by atoms with van der Waals surface area (Å²) in [6.07, 6.45) is 5.18. The molecule has 2 unspecified atom stereocenters. The molecule has 3 aliphatic rings. The molecule has 0 aromatic heterocycles. The van der Waals surface area contributed by atoms with Crippen molar-refractivity contribution in [2.45, 2.75) is 51.6 Å². The first-order valence-electron chi connectivity index (χ1n) is 7.54. The second-order valence-corrected chi connectivity index (χ2v) is 7.13. The monoisotopic (exact) mass is 267 g/mol. The Morgan fingerprint density at radius 3 is 2.42 bits per heavy atom. The van der Waals surface area contributed by atoms with E-state index in [0.717, 1.165) is 30.8 Å². The summed E-state index contributed by atoms with van der Waals surface area (Å²) in [7, 11) is 0. The average Bonchev–Trinajstić information content (AvgIpc) is 2.29. The van der Waals surface area contributed by atoms with Gasteiger partial charge in [0.15, 0.2) is 0 Å². The summed E-state index contributed by atoms with van der Waals surface area (Å²) < 4.78 is 11.2. The van der Waals surface area contributed by atoms with Gasteiger partial charge < -0.3 is 15.2 Å². The number of carbonyl (C=O) groups is 1. The summed E-state index contributed by atoms with van der Waals surface area (Å²) in [6.45, 7) is 5.84. The third-order valence-electron chi connectivity index (χ3n) is 5.60. The summed E-state index contributed by atoms with van der Waals surface area (Å²) in [5, 5.41) is 0. The molecule has 0 bridgehead atoms. The summed E-state index contributed by atoms with van der Waals surface area (Å²) in [5.74, 6) is 2.29. The van der Waals surface area contributed by atoms with Gasteiger partial charge in [0.2, 0.25) is 0 Å². The Bertz CT molecular complexity index is 366. The van der Waals surface area contributed by atoms with Gasteiger partial charge in [0, 0.05) is 12.0 Å². The molecule has 3 saturated carbocycles. The molecule has 2 atom stereocenters. The van der Waals surface area contributed by atoms with Crippen LogP contribution >= 0.6 is 0 Å². The van der Waals surface area contributed by atoms with Gasteiger partial charge in [-0.1, -0.05) is 6.92 Å². The fraction of sp³-hybridized carbons (Fsp3) is 0.933. The minimum absolute atomic E-state index is 0.0823. The van der Waals surface area contributed by atoms with E-state index in [0.29, 0.717) is 6.61 Å². The van der Waals surface area contributed by atoms with Gasteiger partial charge in [-0.25, -0.2) is 4.79 Å². The highest BCUT2D eigenvalue weighted by atomic mass is 16.5. The zero-order valence-corrected chi connectivity index (χ0v) is 12.0. The van der Waals surface area contributed by atoms with Crippen molar-refractivity contribution in [1.82, 2.24) is 0 Å². The van der Waals surface area contributed by atoms with Crippen molar-refractivity contribution >= 4 is 6.09 Å². The van der Waals surface area contributed by atoms with E-state index in [-0.39, 0.29) is 11.0 Å². The maximum atomic E-state index is 10.8. The molecular formula is C15H25NO3. The SMILES string of the molecule is CCCOC1(C)CC2CC3(COC(N)=O)CC(C1)C23. The maximum absolute atomic E-state index is 10.8. The molecule has 0 saturated heterocycles. The molecule has 0 aromatic rings. The van der Waals surface area contributed by atoms with Crippen LogP contribution in [0.25, 0.3) is 0 Å². The molecule has 0 heterocycles. The third kappa shape index (κ3) is 2.04. The fourth-order valence-corrected chi connectivity index (χ4v) is 5.20. The van der Waals surface area contributed by atoms with Crippen LogP contribution in [0.1, 0.15) is 46.0 Å². The molecule has 0 aromatic carbocycles. The Morgan fingerprint density at radius 2 is 1.89 bits per heavy atom. The Labute approximate surface area is 115 Å². The zero-order chi connectivity index (χ0) is 13.7. The first kappa shape index (κ1) is 13.2. The van der Waals surface area contributed by atoms with Gasteiger partial charge in [-0.15, -0.1) is 0 Å². The summed E-state index contributed by atoms with van der Waals surface area (Å²) in [4.78, 5) is 10.8. The van der Waals surface area contributed by atoms with Crippen molar-refractivity contribution < 1.29 is 14.3 Å². The third-order valence-corrected chi connectivity index (χ3v) is 5.60. The average molecular weight is 267 g/mol. The van der Waals surface area contributed by atoms with Crippen LogP contribution in [0.3, 0.4) is 0 Å². The van der Waals surface area contributed by atoms with Crippen LogP contribution in [0.5, 0.6) is 0 Å². The Morgan fingerprint density at radius 1 is 1.26 bits per heavy atom. The minimum Gasteiger partial charge on any atom is -0.449 e. The van der Waals surface area contributed by atoms with Gasteiger partial charge >= 0.3 is 6.09 Å². The van der Waals surface area contributed by atoms with Crippen LogP contribution < -0.4 is 5.73 Å². The van der Waals surface area contributed by atoms with Crippen LogP contribution in [-0.2, 0) is 9.47 Å². The molecule has 3 rings (SSSR count). The van der Waals surface area contributed by atoms with E-state index in [1.165, 1.54) is 25.7 Å². The van der Waals surface area contributed by atoms with E-state index < -0.39 is 6.09 Å². The van der Waals surface area contributed by atoms with Crippen LogP contribution in [0.15, 0.2) is 0 Å². The molecule has 4 heteroatoms. The van der Waals surface area contributed by atoms with Gasteiger partial charge in [-0.2, -0.15) is 0 Å². The van der Waals surface area contributed by atoms with Gasteiger partial charge in [0.25, 0.3) is 0 Å². The van der Waals surface area contributed by atoms with Crippen LogP contribution in [0, 0.1) is 23.2 Å². The van der Waals surface area contributed by atoms with E-state index in [9.17, 15) is 4.79 Å². The number of primary amides is 1. The van der Waals surface area contributed by atoms with Crippen molar-refractivity contribution in [1.29, 1.82) is 0 Å². The van der Waals surface area contributed by atoms with Gasteiger partial charge in [0.1, 0.15) is 0 Å². The molecule has 108 valence electrons. The Balaban J connectivity index is 1.58. The number of rotatable bonds is 5. The van der Waals surface area contributed by atoms with Crippen LogP contribution in [0.4, 0.5) is 4.79 Å². The number of hydrogen-bond acceptors (Lipinski definition) is 3. The second kappa shape index (κ2) is 4.37. The number of ether oxygens (including phenoxy) is 2. The standard InChI is InChI=1S/C15H25NO3/c1-3-4-19-14(2)5-10-7-15(9-18-13(16)17)8-11(6-14)12(10)15/h10-12H,3-9H2,1-2H3,(H2,16,17). The van der Waals surface area contributed by atoms with E-state index >= 15 is 0 Å². The predicted molar refractivity (Wildman–Crippen MR) is 71.6 cm³/mol. The lowest BCUT2D eigenvalue weighted by Crippen LogP contribution is -2.68. The van der Waals surface area contributed by atoms with Gasteiger partial charge in [-0.3, -0.25) is 0 Å². The molecular weight excluding hydrogens is 242 g/mol.